The molecule has 0 bridgehead atoms. The number of hydrogen-bond donors (Lipinski definition) is 1. The second-order valence-corrected chi connectivity index (χ2v) is 4.40. The molecule has 1 unspecified atom stereocenters. The monoisotopic (exact) mass is 200 g/mol. The quantitative estimate of drug-likeness (QED) is 0.706. The topological polar surface area (TPSA) is 46.5 Å². The van der Waals surface area contributed by atoms with Gasteiger partial charge in [-0.15, -0.1) is 0 Å². The van der Waals surface area contributed by atoms with Crippen LogP contribution in [0.25, 0.3) is 0 Å². The van der Waals surface area contributed by atoms with E-state index in [1.54, 1.807) is 6.92 Å². The molecule has 3 heteroatoms. The highest BCUT2D eigenvalue weighted by Crippen LogP contribution is 2.25. The van der Waals surface area contributed by atoms with E-state index >= 15 is 0 Å². The second-order valence-electron chi connectivity index (χ2n) is 4.40. The molecule has 1 N–H and O–H groups in total. The summed E-state index contributed by atoms with van der Waals surface area (Å²) in [5.74, 6) is 0.127. The van der Waals surface area contributed by atoms with Crippen molar-refractivity contribution >= 4 is 5.97 Å². The molecular formula is C11H20O3. The summed E-state index contributed by atoms with van der Waals surface area (Å²) in [6, 6.07) is 0. The number of rotatable bonds is 3. The molecule has 0 amide bonds. The molecule has 0 heterocycles. The lowest BCUT2D eigenvalue weighted by atomic mass is 9.89. The van der Waals surface area contributed by atoms with Gasteiger partial charge in [-0.2, -0.15) is 0 Å². The Balaban J connectivity index is 2.27. The van der Waals surface area contributed by atoms with Gasteiger partial charge in [0, 0.05) is 0 Å². The summed E-state index contributed by atoms with van der Waals surface area (Å²) in [6.07, 6.45) is 4.33. The highest BCUT2D eigenvalue weighted by molar-refractivity contribution is 5.72. The number of aliphatic hydroxyl groups excluding tert-OH is 1. The normalized spacial score (nSPS) is 29.6. The van der Waals surface area contributed by atoms with Gasteiger partial charge in [-0.05, 0) is 38.5 Å². The zero-order chi connectivity index (χ0) is 10.6. The van der Waals surface area contributed by atoms with E-state index < -0.39 is 0 Å². The average molecular weight is 200 g/mol. The summed E-state index contributed by atoms with van der Waals surface area (Å²) in [5, 5.41) is 8.78. The van der Waals surface area contributed by atoms with E-state index in [4.69, 9.17) is 9.84 Å². The smallest absolute Gasteiger partial charge is 0.311 e. The van der Waals surface area contributed by atoms with Crippen molar-refractivity contribution in [3.05, 3.63) is 0 Å². The molecule has 14 heavy (non-hydrogen) atoms. The molecule has 0 spiro atoms. The summed E-state index contributed by atoms with van der Waals surface area (Å²) >= 11 is 0. The Bertz CT molecular complexity index is 183. The third-order valence-corrected chi connectivity index (χ3v) is 2.92. The van der Waals surface area contributed by atoms with Gasteiger partial charge in [-0.25, -0.2) is 0 Å². The molecule has 1 atom stereocenters. The second kappa shape index (κ2) is 5.35. The minimum atomic E-state index is -0.380. The molecular weight excluding hydrogens is 180 g/mol. The number of carbonyl (C=O) groups is 1. The summed E-state index contributed by atoms with van der Waals surface area (Å²) in [5.41, 5.74) is 0. The molecule has 1 rings (SSSR count). The van der Waals surface area contributed by atoms with Crippen molar-refractivity contribution in [3.63, 3.8) is 0 Å². The SMILES string of the molecule is CC1CCC(OC(=O)C(C)CO)CC1. The fourth-order valence-electron chi connectivity index (χ4n) is 1.70. The van der Waals surface area contributed by atoms with Gasteiger partial charge < -0.3 is 9.84 Å². The van der Waals surface area contributed by atoms with Crippen LogP contribution in [0.3, 0.4) is 0 Å². The van der Waals surface area contributed by atoms with Crippen LogP contribution >= 0.6 is 0 Å². The molecule has 1 saturated carbocycles. The van der Waals surface area contributed by atoms with Crippen molar-refractivity contribution < 1.29 is 14.6 Å². The van der Waals surface area contributed by atoms with Gasteiger partial charge in [0.1, 0.15) is 6.10 Å². The van der Waals surface area contributed by atoms with Gasteiger partial charge in [0.2, 0.25) is 0 Å². The number of aliphatic hydroxyl groups is 1. The number of hydrogen-bond acceptors (Lipinski definition) is 3. The largest absolute Gasteiger partial charge is 0.462 e. The molecule has 1 fully saturated rings. The zero-order valence-corrected chi connectivity index (χ0v) is 9.03. The number of carbonyl (C=O) groups excluding carboxylic acids is 1. The first-order valence-corrected chi connectivity index (χ1v) is 5.44. The van der Waals surface area contributed by atoms with Crippen molar-refractivity contribution in [3.8, 4) is 0 Å². The van der Waals surface area contributed by atoms with E-state index in [1.165, 1.54) is 0 Å². The molecule has 82 valence electrons. The van der Waals surface area contributed by atoms with Gasteiger partial charge in [0.15, 0.2) is 0 Å². The summed E-state index contributed by atoms with van der Waals surface area (Å²) in [4.78, 5) is 11.3. The van der Waals surface area contributed by atoms with E-state index in [0.717, 1.165) is 31.6 Å². The lowest BCUT2D eigenvalue weighted by Crippen LogP contribution is -2.27. The fourth-order valence-corrected chi connectivity index (χ4v) is 1.70. The Labute approximate surface area is 85.5 Å². The Hall–Kier alpha value is -0.570. The molecule has 0 radical (unpaired) electrons. The Kier molecular flexibility index (Phi) is 4.39. The Morgan fingerprint density at radius 1 is 1.43 bits per heavy atom. The van der Waals surface area contributed by atoms with Gasteiger partial charge in [-0.3, -0.25) is 4.79 Å². The molecule has 3 nitrogen and oxygen atoms in total. The van der Waals surface area contributed by atoms with E-state index in [-0.39, 0.29) is 24.6 Å². The van der Waals surface area contributed by atoms with Gasteiger partial charge in [0.25, 0.3) is 0 Å². The first-order chi connectivity index (χ1) is 6.63. The van der Waals surface area contributed by atoms with Crippen molar-refractivity contribution in [2.45, 2.75) is 45.6 Å². The summed E-state index contributed by atoms with van der Waals surface area (Å²) in [6.45, 7) is 3.80. The van der Waals surface area contributed by atoms with E-state index in [0.29, 0.717) is 0 Å². The predicted molar refractivity (Wildman–Crippen MR) is 53.8 cm³/mol. The van der Waals surface area contributed by atoms with Crippen molar-refractivity contribution in [2.75, 3.05) is 6.61 Å². The lowest BCUT2D eigenvalue weighted by Gasteiger charge is -2.26. The molecule has 0 saturated heterocycles. The summed E-state index contributed by atoms with van der Waals surface area (Å²) in [7, 11) is 0. The Morgan fingerprint density at radius 3 is 2.50 bits per heavy atom. The standard InChI is InChI=1S/C11H20O3/c1-8-3-5-10(6-4-8)14-11(13)9(2)7-12/h8-10,12H,3-7H2,1-2H3. The fraction of sp³-hybridized carbons (Fsp3) is 0.909. The maximum absolute atomic E-state index is 11.3. The van der Waals surface area contributed by atoms with Crippen molar-refractivity contribution in [1.29, 1.82) is 0 Å². The molecule has 0 aromatic carbocycles. The minimum Gasteiger partial charge on any atom is -0.462 e. The molecule has 0 aromatic rings. The van der Waals surface area contributed by atoms with Crippen molar-refractivity contribution in [2.24, 2.45) is 11.8 Å². The van der Waals surface area contributed by atoms with Crippen LogP contribution < -0.4 is 0 Å². The van der Waals surface area contributed by atoms with Crippen LogP contribution in [0.2, 0.25) is 0 Å². The van der Waals surface area contributed by atoms with Crippen LogP contribution in [0, 0.1) is 11.8 Å². The minimum absolute atomic E-state index is 0.0905. The maximum Gasteiger partial charge on any atom is 0.311 e. The van der Waals surface area contributed by atoms with Crippen molar-refractivity contribution in [1.82, 2.24) is 0 Å². The van der Waals surface area contributed by atoms with E-state index in [1.807, 2.05) is 0 Å². The number of esters is 1. The van der Waals surface area contributed by atoms with Gasteiger partial charge in [-0.1, -0.05) is 6.92 Å². The maximum atomic E-state index is 11.3. The lowest BCUT2D eigenvalue weighted by molar-refractivity contribution is -0.156. The average Bonchev–Trinajstić information content (AvgIpc) is 2.20. The first kappa shape index (κ1) is 11.5. The highest BCUT2D eigenvalue weighted by atomic mass is 16.5. The van der Waals surface area contributed by atoms with Gasteiger partial charge in [0.05, 0.1) is 12.5 Å². The van der Waals surface area contributed by atoms with Crippen LogP contribution in [0.15, 0.2) is 0 Å². The first-order valence-electron chi connectivity index (χ1n) is 5.44. The predicted octanol–water partition coefficient (Wildman–Crippen LogP) is 1.74. The Morgan fingerprint density at radius 2 is 2.00 bits per heavy atom. The van der Waals surface area contributed by atoms with Gasteiger partial charge >= 0.3 is 5.97 Å². The van der Waals surface area contributed by atoms with Crippen LogP contribution in [0.1, 0.15) is 39.5 Å². The van der Waals surface area contributed by atoms with Crippen LogP contribution in [0.4, 0.5) is 0 Å². The molecule has 1 aliphatic rings. The third-order valence-electron chi connectivity index (χ3n) is 2.92. The van der Waals surface area contributed by atoms with Crippen LogP contribution in [-0.4, -0.2) is 23.8 Å². The van der Waals surface area contributed by atoms with E-state index in [9.17, 15) is 4.79 Å². The molecule has 0 aromatic heterocycles. The highest BCUT2D eigenvalue weighted by Gasteiger charge is 2.23. The molecule has 1 aliphatic carbocycles. The third kappa shape index (κ3) is 3.29. The van der Waals surface area contributed by atoms with Crippen LogP contribution in [-0.2, 0) is 9.53 Å². The van der Waals surface area contributed by atoms with Crippen LogP contribution in [0.5, 0.6) is 0 Å². The summed E-state index contributed by atoms with van der Waals surface area (Å²) < 4.78 is 5.29. The zero-order valence-electron chi connectivity index (χ0n) is 9.03. The molecule has 0 aliphatic heterocycles. The number of ether oxygens (including phenoxy) is 1. The van der Waals surface area contributed by atoms with E-state index in [2.05, 4.69) is 6.92 Å².